The third-order valence-electron chi connectivity index (χ3n) is 3.89. The third kappa shape index (κ3) is 4.46. The van der Waals surface area contributed by atoms with Crippen molar-refractivity contribution in [3.8, 4) is 5.75 Å². The van der Waals surface area contributed by atoms with Gasteiger partial charge in [0.2, 0.25) is 0 Å². The van der Waals surface area contributed by atoms with Crippen LogP contribution in [0.1, 0.15) is 31.7 Å². The highest BCUT2D eigenvalue weighted by atomic mass is 19.1. The molecular formula is C16H25FN2O. The maximum atomic E-state index is 13.3. The average molecular weight is 280 g/mol. The number of rotatable bonds is 6. The van der Waals surface area contributed by atoms with Crippen LogP contribution in [-0.4, -0.2) is 36.2 Å². The Balaban J connectivity index is 1.98. The lowest BCUT2D eigenvalue weighted by molar-refractivity contribution is 0.199. The van der Waals surface area contributed by atoms with E-state index in [9.17, 15) is 9.50 Å². The zero-order chi connectivity index (χ0) is 14.4. The molecule has 0 saturated carbocycles. The van der Waals surface area contributed by atoms with Gasteiger partial charge in [0.25, 0.3) is 0 Å². The molecule has 1 aromatic rings. The number of piperidine rings is 1. The molecule has 112 valence electrons. The van der Waals surface area contributed by atoms with E-state index in [1.165, 1.54) is 31.0 Å². The van der Waals surface area contributed by atoms with E-state index >= 15 is 0 Å². The van der Waals surface area contributed by atoms with Gasteiger partial charge < -0.3 is 10.4 Å². The molecule has 0 amide bonds. The van der Waals surface area contributed by atoms with Crippen molar-refractivity contribution in [1.82, 2.24) is 10.2 Å². The molecule has 20 heavy (non-hydrogen) atoms. The SMILES string of the molecule is CCCN(Cc1cc(F)ccc1O)CC1CCCNC1. The number of phenolic OH excluding ortho intramolecular Hbond substituents is 1. The smallest absolute Gasteiger partial charge is 0.123 e. The van der Waals surface area contributed by atoms with Crippen LogP contribution in [0.2, 0.25) is 0 Å². The van der Waals surface area contributed by atoms with Gasteiger partial charge in [-0.3, -0.25) is 4.90 Å². The van der Waals surface area contributed by atoms with Crippen LogP contribution in [0.4, 0.5) is 4.39 Å². The molecule has 1 unspecified atom stereocenters. The molecule has 3 nitrogen and oxygen atoms in total. The van der Waals surface area contributed by atoms with Crippen LogP contribution in [0.3, 0.4) is 0 Å². The Labute approximate surface area is 120 Å². The summed E-state index contributed by atoms with van der Waals surface area (Å²) in [6.45, 7) is 6.94. The van der Waals surface area contributed by atoms with Crippen LogP contribution in [-0.2, 0) is 6.54 Å². The van der Waals surface area contributed by atoms with Gasteiger partial charge in [0.05, 0.1) is 0 Å². The van der Waals surface area contributed by atoms with Crippen molar-refractivity contribution in [2.24, 2.45) is 5.92 Å². The molecule has 1 aliphatic rings. The summed E-state index contributed by atoms with van der Waals surface area (Å²) >= 11 is 0. The van der Waals surface area contributed by atoms with Gasteiger partial charge in [0, 0.05) is 18.7 Å². The standard InChI is InChI=1S/C16H25FN2O/c1-2-8-19(11-13-4-3-7-18-10-13)12-14-9-15(17)5-6-16(14)20/h5-6,9,13,18,20H,2-4,7-8,10-12H2,1H3. The largest absolute Gasteiger partial charge is 0.508 e. The fourth-order valence-electron chi connectivity index (χ4n) is 2.92. The van der Waals surface area contributed by atoms with Gasteiger partial charge in [-0.15, -0.1) is 0 Å². The van der Waals surface area contributed by atoms with E-state index in [-0.39, 0.29) is 11.6 Å². The van der Waals surface area contributed by atoms with E-state index in [0.717, 1.165) is 32.6 Å². The molecule has 0 radical (unpaired) electrons. The first-order valence-electron chi connectivity index (χ1n) is 7.59. The Kier molecular flexibility index (Phi) is 5.80. The highest BCUT2D eigenvalue weighted by molar-refractivity contribution is 5.32. The predicted octanol–water partition coefficient (Wildman–Crippen LogP) is 2.74. The number of nitrogens with one attached hydrogen (secondary N) is 1. The number of nitrogens with zero attached hydrogens (tertiary/aromatic N) is 1. The first kappa shape index (κ1) is 15.3. The van der Waals surface area contributed by atoms with Crippen molar-refractivity contribution in [2.45, 2.75) is 32.7 Å². The van der Waals surface area contributed by atoms with Gasteiger partial charge >= 0.3 is 0 Å². The molecular weight excluding hydrogens is 255 g/mol. The lowest BCUT2D eigenvalue weighted by Crippen LogP contribution is -2.38. The minimum atomic E-state index is -0.284. The number of aromatic hydroxyl groups is 1. The minimum absolute atomic E-state index is 0.189. The second-order valence-electron chi connectivity index (χ2n) is 5.72. The van der Waals surface area contributed by atoms with E-state index in [2.05, 4.69) is 17.1 Å². The summed E-state index contributed by atoms with van der Waals surface area (Å²) in [5.74, 6) is 0.564. The summed E-state index contributed by atoms with van der Waals surface area (Å²) in [6, 6.07) is 4.18. The van der Waals surface area contributed by atoms with Crippen LogP contribution in [0.15, 0.2) is 18.2 Å². The Bertz CT molecular complexity index is 419. The molecule has 2 rings (SSSR count). The molecule has 0 spiro atoms. The molecule has 0 aromatic heterocycles. The van der Waals surface area contributed by atoms with Gasteiger partial charge in [-0.05, 0) is 63.0 Å². The first-order chi connectivity index (χ1) is 9.69. The second-order valence-corrected chi connectivity index (χ2v) is 5.72. The van der Waals surface area contributed by atoms with Crippen molar-refractivity contribution in [1.29, 1.82) is 0 Å². The van der Waals surface area contributed by atoms with E-state index < -0.39 is 0 Å². The maximum absolute atomic E-state index is 13.3. The van der Waals surface area contributed by atoms with E-state index in [0.29, 0.717) is 18.0 Å². The van der Waals surface area contributed by atoms with Gasteiger partial charge in [0.15, 0.2) is 0 Å². The highest BCUT2D eigenvalue weighted by Crippen LogP contribution is 2.21. The zero-order valence-electron chi connectivity index (χ0n) is 12.2. The Morgan fingerprint density at radius 1 is 1.45 bits per heavy atom. The molecule has 1 aliphatic heterocycles. The molecule has 1 saturated heterocycles. The van der Waals surface area contributed by atoms with Crippen LogP contribution in [0.5, 0.6) is 5.75 Å². The highest BCUT2D eigenvalue weighted by Gasteiger charge is 2.17. The molecule has 0 aliphatic carbocycles. The number of hydrogen-bond donors (Lipinski definition) is 2. The van der Waals surface area contributed by atoms with E-state index in [1.54, 1.807) is 0 Å². The van der Waals surface area contributed by atoms with Crippen molar-refractivity contribution < 1.29 is 9.50 Å². The van der Waals surface area contributed by atoms with Crippen molar-refractivity contribution in [3.05, 3.63) is 29.6 Å². The predicted molar refractivity (Wildman–Crippen MR) is 79.2 cm³/mol. The summed E-state index contributed by atoms with van der Waals surface area (Å²) in [4.78, 5) is 2.33. The Morgan fingerprint density at radius 3 is 3.00 bits per heavy atom. The fourth-order valence-corrected chi connectivity index (χ4v) is 2.92. The monoisotopic (exact) mass is 280 g/mol. The first-order valence-corrected chi connectivity index (χ1v) is 7.59. The maximum Gasteiger partial charge on any atom is 0.123 e. The molecule has 1 heterocycles. The zero-order valence-corrected chi connectivity index (χ0v) is 12.2. The normalized spacial score (nSPS) is 19.4. The summed E-state index contributed by atoms with van der Waals surface area (Å²) < 4.78 is 13.3. The molecule has 2 N–H and O–H groups in total. The molecule has 1 atom stereocenters. The third-order valence-corrected chi connectivity index (χ3v) is 3.89. The fraction of sp³-hybridized carbons (Fsp3) is 0.625. The molecule has 0 bridgehead atoms. The van der Waals surface area contributed by atoms with E-state index in [1.807, 2.05) is 0 Å². The van der Waals surface area contributed by atoms with Crippen LogP contribution in [0.25, 0.3) is 0 Å². The van der Waals surface area contributed by atoms with E-state index in [4.69, 9.17) is 0 Å². The lowest BCUT2D eigenvalue weighted by Gasteiger charge is -2.30. The van der Waals surface area contributed by atoms with Gasteiger partial charge in [-0.2, -0.15) is 0 Å². The summed E-state index contributed by atoms with van der Waals surface area (Å²) in [5.41, 5.74) is 0.683. The van der Waals surface area contributed by atoms with Crippen LogP contribution >= 0.6 is 0 Å². The van der Waals surface area contributed by atoms with Crippen LogP contribution in [0, 0.1) is 11.7 Å². The topological polar surface area (TPSA) is 35.5 Å². The van der Waals surface area contributed by atoms with Crippen molar-refractivity contribution in [2.75, 3.05) is 26.2 Å². The molecule has 1 fully saturated rings. The lowest BCUT2D eigenvalue weighted by atomic mass is 9.98. The number of hydrogen-bond acceptors (Lipinski definition) is 3. The minimum Gasteiger partial charge on any atom is -0.508 e. The average Bonchev–Trinajstić information content (AvgIpc) is 2.44. The Hall–Kier alpha value is -1.13. The number of benzene rings is 1. The van der Waals surface area contributed by atoms with Gasteiger partial charge in [-0.1, -0.05) is 6.92 Å². The molecule has 1 aromatic carbocycles. The van der Waals surface area contributed by atoms with Crippen molar-refractivity contribution in [3.63, 3.8) is 0 Å². The summed E-state index contributed by atoms with van der Waals surface area (Å²) in [5, 5.41) is 13.3. The quantitative estimate of drug-likeness (QED) is 0.841. The second kappa shape index (κ2) is 7.60. The molecule has 4 heteroatoms. The van der Waals surface area contributed by atoms with Crippen LogP contribution < -0.4 is 5.32 Å². The van der Waals surface area contributed by atoms with Crippen molar-refractivity contribution >= 4 is 0 Å². The Morgan fingerprint density at radius 2 is 2.30 bits per heavy atom. The number of halogens is 1. The summed E-state index contributed by atoms with van der Waals surface area (Å²) in [7, 11) is 0. The van der Waals surface area contributed by atoms with Gasteiger partial charge in [-0.25, -0.2) is 4.39 Å². The van der Waals surface area contributed by atoms with Gasteiger partial charge in [0.1, 0.15) is 11.6 Å². The number of phenols is 1. The summed E-state index contributed by atoms with van der Waals surface area (Å²) in [6.07, 6.45) is 3.55.